The summed E-state index contributed by atoms with van der Waals surface area (Å²) in [6.07, 6.45) is 0. The minimum Gasteiger partial charge on any atom is -0.488 e. The Morgan fingerprint density at radius 2 is 1.07 bits per heavy atom. The monoisotopic (exact) mass is 628 g/mol. The van der Waals surface area contributed by atoms with Crippen molar-refractivity contribution >= 4 is 9.84 Å². The molecule has 0 aliphatic heterocycles. The maximum atomic E-state index is 13.4. The Morgan fingerprint density at radius 1 is 0.600 bits per heavy atom. The second-order valence-corrected chi connectivity index (χ2v) is 17.4. The molecule has 6 heteroatoms. The molecule has 0 unspecified atom stereocenters. The van der Waals surface area contributed by atoms with E-state index in [4.69, 9.17) is 9.47 Å². The maximum Gasteiger partial charge on any atom is 0.206 e. The predicted molar refractivity (Wildman–Crippen MR) is 184 cm³/mol. The lowest BCUT2D eigenvalue weighted by Crippen LogP contribution is -2.33. The molecule has 0 bridgehead atoms. The van der Waals surface area contributed by atoms with Gasteiger partial charge in [-0.05, 0) is 104 Å². The number of benzene rings is 4. The number of sulfone groups is 1. The molecule has 0 fully saturated rings. The van der Waals surface area contributed by atoms with Crippen molar-refractivity contribution < 1.29 is 22.4 Å². The van der Waals surface area contributed by atoms with Gasteiger partial charge in [0.15, 0.2) is 0 Å². The normalized spacial score (nSPS) is 13.0. The molecule has 4 aromatic carbocycles. The first kappa shape index (κ1) is 34.3. The Bertz CT molecular complexity index is 1720. The number of ether oxygens (including phenoxy) is 2. The molecule has 0 saturated carbocycles. The highest BCUT2D eigenvalue weighted by Gasteiger charge is 2.26. The lowest BCUT2D eigenvalue weighted by Gasteiger charge is -2.30. The standard InChI is InChI=1S/C39H50NO4S/c1-37(2,3)29-14-21-34(22-15-29)45(41,42)35-23-19-32(20-24-35)43-36-25-16-31(26-28(36)27-40(9,10)11)39(7,8)30-12-17-33(18-13-30)44-38(4,5)6/h12-26H,27H2,1-11H3/q+1. The van der Waals surface area contributed by atoms with Crippen molar-refractivity contribution in [1.29, 1.82) is 0 Å². The zero-order valence-electron chi connectivity index (χ0n) is 28.9. The summed E-state index contributed by atoms with van der Waals surface area (Å²) >= 11 is 0. The third kappa shape index (κ3) is 8.56. The zero-order chi connectivity index (χ0) is 33.4. The Labute approximate surface area is 271 Å². The maximum absolute atomic E-state index is 13.4. The summed E-state index contributed by atoms with van der Waals surface area (Å²) in [5, 5.41) is 0. The van der Waals surface area contributed by atoms with Crippen LogP contribution in [-0.2, 0) is 27.2 Å². The van der Waals surface area contributed by atoms with Crippen LogP contribution in [0, 0.1) is 0 Å². The van der Waals surface area contributed by atoms with Gasteiger partial charge in [0.1, 0.15) is 29.4 Å². The topological polar surface area (TPSA) is 52.6 Å². The first-order chi connectivity index (χ1) is 20.6. The highest BCUT2D eigenvalue weighted by Crippen LogP contribution is 2.37. The van der Waals surface area contributed by atoms with Crippen molar-refractivity contribution in [2.75, 3.05) is 21.1 Å². The molecule has 0 saturated heterocycles. The minimum atomic E-state index is -3.65. The summed E-state index contributed by atoms with van der Waals surface area (Å²) in [7, 11) is 2.82. The summed E-state index contributed by atoms with van der Waals surface area (Å²) in [6.45, 7) is 17.7. The van der Waals surface area contributed by atoms with Gasteiger partial charge in [0.25, 0.3) is 0 Å². The van der Waals surface area contributed by atoms with Crippen LogP contribution in [0.1, 0.15) is 77.6 Å². The quantitative estimate of drug-likeness (QED) is 0.173. The summed E-state index contributed by atoms with van der Waals surface area (Å²) in [6, 6.07) is 28.6. The molecule has 0 radical (unpaired) electrons. The molecule has 0 heterocycles. The van der Waals surface area contributed by atoms with E-state index in [1.807, 2.05) is 51.1 Å². The molecule has 0 atom stereocenters. The van der Waals surface area contributed by atoms with E-state index in [0.29, 0.717) is 5.75 Å². The lowest BCUT2D eigenvalue weighted by molar-refractivity contribution is -0.884. The lowest BCUT2D eigenvalue weighted by atomic mass is 9.77. The number of rotatable bonds is 9. The molecule has 0 aromatic heterocycles. The van der Waals surface area contributed by atoms with Crippen molar-refractivity contribution in [3.8, 4) is 17.2 Å². The Hall–Kier alpha value is -3.61. The van der Waals surface area contributed by atoms with Crippen LogP contribution in [-0.4, -0.2) is 39.6 Å². The third-order valence-corrected chi connectivity index (χ3v) is 9.60. The molecule has 4 aromatic rings. The van der Waals surface area contributed by atoms with Gasteiger partial charge in [-0.25, -0.2) is 8.42 Å². The van der Waals surface area contributed by atoms with Crippen LogP contribution >= 0.6 is 0 Å². The van der Waals surface area contributed by atoms with E-state index in [-0.39, 0.29) is 26.2 Å². The van der Waals surface area contributed by atoms with Gasteiger partial charge in [0.2, 0.25) is 9.84 Å². The van der Waals surface area contributed by atoms with E-state index in [0.717, 1.165) is 33.7 Å². The van der Waals surface area contributed by atoms with Crippen LogP contribution in [0.5, 0.6) is 17.2 Å². The second-order valence-electron chi connectivity index (χ2n) is 15.5. The first-order valence-corrected chi connectivity index (χ1v) is 17.0. The minimum absolute atomic E-state index is 0.0487. The van der Waals surface area contributed by atoms with E-state index in [2.05, 4.69) is 80.0 Å². The number of nitrogens with zero attached hydrogens (tertiary/aromatic N) is 1. The van der Waals surface area contributed by atoms with Crippen molar-refractivity contribution in [3.05, 3.63) is 113 Å². The van der Waals surface area contributed by atoms with Gasteiger partial charge in [0, 0.05) is 11.0 Å². The van der Waals surface area contributed by atoms with Gasteiger partial charge in [-0.3, -0.25) is 0 Å². The highest BCUT2D eigenvalue weighted by atomic mass is 32.2. The summed E-state index contributed by atoms with van der Waals surface area (Å²) in [4.78, 5) is 0.518. The van der Waals surface area contributed by atoms with Gasteiger partial charge in [0.05, 0.1) is 30.9 Å². The van der Waals surface area contributed by atoms with Crippen LogP contribution in [0.25, 0.3) is 0 Å². The molecular formula is C39H50NO4S+. The molecule has 0 amide bonds. The van der Waals surface area contributed by atoms with E-state index in [9.17, 15) is 8.42 Å². The largest absolute Gasteiger partial charge is 0.488 e. The molecule has 0 spiro atoms. The fourth-order valence-electron chi connectivity index (χ4n) is 5.25. The highest BCUT2D eigenvalue weighted by molar-refractivity contribution is 7.91. The van der Waals surface area contributed by atoms with Gasteiger partial charge < -0.3 is 14.0 Å². The first-order valence-electron chi connectivity index (χ1n) is 15.5. The average Bonchev–Trinajstić information content (AvgIpc) is 2.92. The molecule has 5 nitrogen and oxygen atoms in total. The molecule has 240 valence electrons. The van der Waals surface area contributed by atoms with Crippen LogP contribution < -0.4 is 9.47 Å². The van der Waals surface area contributed by atoms with E-state index in [1.165, 1.54) is 11.1 Å². The van der Waals surface area contributed by atoms with Gasteiger partial charge >= 0.3 is 0 Å². The Kier molecular flexibility index (Phi) is 9.36. The van der Waals surface area contributed by atoms with Crippen molar-refractivity contribution in [2.45, 2.75) is 88.2 Å². The van der Waals surface area contributed by atoms with Crippen molar-refractivity contribution in [1.82, 2.24) is 0 Å². The predicted octanol–water partition coefficient (Wildman–Crippen LogP) is 9.32. The number of hydrogen-bond acceptors (Lipinski definition) is 4. The van der Waals surface area contributed by atoms with E-state index < -0.39 is 9.84 Å². The molecule has 0 aliphatic carbocycles. The second kappa shape index (κ2) is 12.3. The summed E-state index contributed by atoms with van der Waals surface area (Å²) in [5.74, 6) is 2.19. The van der Waals surface area contributed by atoms with Gasteiger partial charge in [-0.2, -0.15) is 0 Å². The summed E-state index contributed by atoms with van der Waals surface area (Å²) in [5.41, 5.74) is 4.00. The molecular weight excluding hydrogens is 578 g/mol. The number of hydrogen-bond donors (Lipinski definition) is 0. The van der Waals surface area contributed by atoms with Crippen LogP contribution in [0.3, 0.4) is 0 Å². The van der Waals surface area contributed by atoms with Crippen molar-refractivity contribution in [2.24, 2.45) is 0 Å². The SMILES string of the molecule is CC(C)(C)Oc1ccc(C(C)(C)c2ccc(Oc3ccc(S(=O)(=O)c4ccc(C(C)(C)C)cc4)cc3)c(C[N+](C)(C)C)c2)cc1. The summed E-state index contributed by atoms with van der Waals surface area (Å²) < 4.78 is 39.9. The van der Waals surface area contributed by atoms with Gasteiger partial charge in [-0.1, -0.05) is 65.0 Å². The van der Waals surface area contributed by atoms with E-state index >= 15 is 0 Å². The molecule has 4 rings (SSSR count). The van der Waals surface area contributed by atoms with Crippen LogP contribution in [0.2, 0.25) is 0 Å². The fraction of sp³-hybridized carbons (Fsp3) is 0.385. The van der Waals surface area contributed by atoms with Gasteiger partial charge in [-0.15, -0.1) is 0 Å². The zero-order valence-corrected chi connectivity index (χ0v) is 29.7. The smallest absolute Gasteiger partial charge is 0.206 e. The van der Waals surface area contributed by atoms with E-state index in [1.54, 1.807) is 36.4 Å². The molecule has 0 N–H and O–H groups in total. The number of quaternary nitrogens is 1. The average molecular weight is 629 g/mol. The van der Waals surface area contributed by atoms with Crippen LogP contribution in [0.4, 0.5) is 0 Å². The van der Waals surface area contributed by atoms with Crippen molar-refractivity contribution in [3.63, 3.8) is 0 Å². The Morgan fingerprint density at radius 3 is 1.56 bits per heavy atom. The van der Waals surface area contributed by atoms with Crippen LogP contribution in [0.15, 0.2) is 101 Å². The molecule has 45 heavy (non-hydrogen) atoms. The Balaban J connectivity index is 1.60. The molecule has 0 aliphatic rings. The third-order valence-electron chi connectivity index (χ3n) is 7.82. The fourth-order valence-corrected chi connectivity index (χ4v) is 6.51.